The van der Waals surface area contributed by atoms with E-state index in [1.165, 1.54) is 25.8 Å². The van der Waals surface area contributed by atoms with Crippen LogP contribution in [0.3, 0.4) is 0 Å². The van der Waals surface area contributed by atoms with Crippen molar-refractivity contribution in [2.24, 2.45) is 0 Å². The quantitative estimate of drug-likeness (QED) is 0.835. The number of rotatable bonds is 5. The minimum atomic E-state index is 0.720. The highest BCUT2D eigenvalue weighted by Crippen LogP contribution is 2.16. The van der Waals surface area contributed by atoms with Gasteiger partial charge in [-0.2, -0.15) is 0 Å². The Bertz CT molecular complexity index is 332. The standard InChI is InChI=1S/C13H24N4/c1-12-15-6-8-16(12)9-10-17-7-4-3-5-13(17)11-14-2/h6,8,13-14H,3-5,7,9-11H2,1-2H3. The lowest BCUT2D eigenvalue weighted by Crippen LogP contribution is -2.46. The number of aromatic nitrogens is 2. The molecule has 2 heterocycles. The lowest BCUT2D eigenvalue weighted by molar-refractivity contribution is 0.142. The molecule has 1 N–H and O–H groups in total. The van der Waals surface area contributed by atoms with E-state index in [2.05, 4.69) is 32.9 Å². The summed E-state index contributed by atoms with van der Waals surface area (Å²) in [4.78, 5) is 6.89. The zero-order chi connectivity index (χ0) is 12.1. The summed E-state index contributed by atoms with van der Waals surface area (Å²) in [5, 5.41) is 3.31. The van der Waals surface area contributed by atoms with E-state index in [-0.39, 0.29) is 0 Å². The number of nitrogens with zero attached hydrogens (tertiary/aromatic N) is 3. The van der Waals surface area contributed by atoms with Gasteiger partial charge in [0.15, 0.2) is 0 Å². The number of aryl methyl sites for hydroxylation is 1. The molecule has 0 saturated carbocycles. The van der Waals surface area contributed by atoms with E-state index in [1.807, 2.05) is 13.2 Å². The molecule has 0 aromatic carbocycles. The van der Waals surface area contributed by atoms with Gasteiger partial charge in [-0.1, -0.05) is 6.42 Å². The van der Waals surface area contributed by atoms with Gasteiger partial charge in [0, 0.05) is 38.1 Å². The van der Waals surface area contributed by atoms with E-state index in [1.54, 1.807) is 0 Å². The minimum absolute atomic E-state index is 0.720. The second kappa shape index (κ2) is 6.17. The monoisotopic (exact) mass is 236 g/mol. The Morgan fingerprint density at radius 3 is 3.00 bits per heavy atom. The molecule has 2 rings (SSSR count). The first-order valence-corrected chi connectivity index (χ1v) is 6.67. The van der Waals surface area contributed by atoms with Crippen molar-refractivity contribution in [3.8, 4) is 0 Å². The van der Waals surface area contributed by atoms with E-state index in [9.17, 15) is 0 Å². The van der Waals surface area contributed by atoms with Gasteiger partial charge in [0.25, 0.3) is 0 Å². The normalized spacial score (nSPS) is 21.9. The van der Waals surface area contributed by atoms with Gasteiger partial charge in [0.05, 0.1) is 0 Å². The molecule has 1 atom stereocenters. The maximum Gasteiger partial charge on any atom is 0.105 e. The number of hydrogen-bond acceptors (Lipinski definition) is 3. The SMILES string of the molecule is CNCC1CCCCN1CCn1ccnc1C. The fraction of sp³-hybridized carbons (Fsp3) is 0.769. The molecular weight excluding hydrogens is 212 g/mol. The molecule has 0 radical (unpaired) electrons. The number of piperidine rings is 1. The summed E-state index contributed by atoms with van der Waals surface area (Å²) in [5.74, 6) is 1.12. The number of likely N-dealkylation sites (tertiary alicyclic amines) is 1. The van der Waals surface area contributed by atoms with Crippen molar-refractivity contribution < 1.29 is 0 Å². The van der Waals surface area contributed by atoms with Crippen LogP contribution in [-0.4, -0.2) is 47.2 Å². The second-order valence-corrected chi connectivity index (χ2v) is 4.91. The maximum atomic E-state index is 4.27. The van der Waals surface area contributed by atoms with E-state index < -0.39 is 0 Å². The molecule has 1 aliphatic heterocycles. The van der Waals surface area contributed by atoms with Crippen molar-refractivity contribution in [1.82, 2.24) is 19.8 Å². The molecule has 4 nitrogen and oxygen atoms in total. The summed E-state index contributed by atoms with van der Waals surface area (Å²) in [6, 6.07) is 0.720. The Kier molecular flexibility index (Phi) is 4.57. The topological polar surface area (TPSA) is 33.1 Å². The fourth-order valence-electron chi connectivity index (χ4n) is 2.70. The lowest BCUT2D eigenvalue weighted by Gasteiger charge is -2.35. The van der Waals surface area contributed by atoms with Crippen LogP contribution < -0.4 is 5.32 Å². The van der Waals surface area contributed by atoms with Crippen LogP contribution in [0.2, 0.25) is 0 Å². The smallest absolute Gasteiger partial charge is 0.105 e. The highest BCUT2D eigenvalue weighted by Gasteiger charge is 2.21. The average molecular weight is 236 g/mol. The van der Waals surface area contributed by atoms with E-state index >= 15 is 0 Å². The Morgan fingerprint density at radius 1 is 1.41 bits per heavy atom. The average Bonchev–Trinajstić information content (AvgIpc) is 2.74. The molecule has 96 valence electrons. The first kappa shape index (κ1) is 12.6. The third-order valence-electron chi connectivity index (χ3n) is 3.74. The van der Waals surface area contributed by atoms with Gasteiger partial charge in [0.1, 0.15) is 5.82 Å². The van der Waals surface area contributed by atoms with Crippen LogP contribution >= 0.6 is 0 Å². The highest BCUT2D eigenvalue weighted by molar-refractivity contribution is 4.89. The Labute approximate surface area is 104 Å². The zero-order valence-electron chi connectivity index (χ0n) is 11.0. The highest BCUT2D eigenvalue weighted by atomic mass is 15.2. The van der Waals surface area contributed by atoms with Crippen molar-refractivity contribution in [1.29, 1.82) is 0 Å². The summed E-state index contributed by atoms with van der Waals surface area (Å²) in [6.07, 6.45) is 8.03. The molecule has 0 spiro atoms. The van der Waals surface area contributed by atoms with Gasteiger partial charge in [-0.3, -0.25) is 4.90 Å². The predicted octanol–water partition coefficient (Wildman–Crippen LogP) is 1.27. The van der Waals surface area contributed by atoms with Gasteiger partial charge in [0.2, 0.25) is 0 Å². The first-order chi connectivity index (χ1) is 8.31. The van der Waals surface area contributed by atoms with Gasteiger partial charge in [-0.15, -0.1) is 0 Å². The molecule has 4 heteroatoms. The first-order valence-electron chi connectivity index (χ1n) is 6.67. The molecule has 0 amide bonds. The summed E-state index contributed by atoms with van der Waals surface area (Å²) in [5.41, 5.74) is 0. The summed E-state index contributed by atoms with van der Waals surface area (Å²) < 4.78 is 2.24. The number of hydrogen-bond donors (Lipinski definition) is 1. The molecular formula is C13H24N4. The third-order valence-corrected chi connectivity index (χ3v) is 3.74. The molecule has 1 aromatic heterocycles. The van der Waals surface area contributed by atoms with Crippen molar-refractivity contribution >= 4 is 0 Å². The zero-order valence-corrected chi connectivity index (χ0v) is 11.0. The van der Waals surface area contributed by atoms with Crippen LogP contribution in [0.15, 0.2) is 12.4 Å². The van der Waals surface area contributed by atoms with Crippen LogP contribution in [0.5, 0.6) is 0 Å². The van der Waals surface area contributed by atoms with Gasteiger partial charge in [-0.05, 0) is 33.4 Å². The maximum absolute atomic E-state index is 4.27. The molecule has 1 fully saturated rings. The molecule has 1 aromatic rings. The predicted molar refractivity (Wildman–Crippen MR) is 70.1 cm³/mol. The van der Waals surface area contributed by atoms with Crippen molar-refractivity contribution in [3.63, 3.8) is 0 Å². The Hall–Kier alpha value is -0.870. The molecule has 0 aliphatic carbocycles. The minimum Gasteiger partial charge on any atom is -0.334 e. The van der Waals surface area contributed by atoms with E-state index in [4.69, 9.17) is 0 Å². The van der Waals surface area contributed by atoms with Crippen LogP contribution in [-0.2, 0) is 6.54 Å². The van der Waals surface area contributed by atoms with Crippen LogP contribution in [0, 0.1) is 6.92 Å². The molecule has 1 saturated heterocycles. The summed E-state index contributed by atoms with van der Waals surface area (Å²) >= 11 is 0. The third kappa shape index (κ3) is 3.30. The fourth-order valence-corrected chi connectivity index (χ4v) is 2.70. The molecule has 1 unspecified atom stereocenters. The van der Waals surface area contributed by atoms with Crippen LogP contribution in [0.4, 0.5) is 0 Å². The molecule has 1 aliphatic rings. The number of likely N-dealkylation sites (N-methyl/N-ethyl adjacent to an activating group) is 1. The lowest BCUT2D eigenvalue weighted by atomic mass is 10.0. The largest absolute Gasteiger partial charge is 0.334 e. The molecule has 17 heavy (non-hydrogen) atoms. The van der Waals surface area contributed by atoms with Gasteiger partial charge in [-0.25, -0.2) is 4.98 Å². The van der Waals surface area contributed by atoms with Crippen molar-refractivity contribution in [2.75, 3.05) is 26.7 Å². The molecule has 0 bridgehead atoms. The van der Waals surface area contributed by atoms with E-state index in [0.717, 1.165) is 31.5 Å². The van der Waals surface area contributed by atoms with Crippen LogP contribution in [0.1, 0.15) is 25.1 Å². The Balaban J connectivity index is 1.86. The van der Waals surface area contributed by atoms with Crippen LogP contribution in [0.25, 0.3) is 0 Å². The number of imidazole rings is 1. The Morgan fingerprint density at radius 2 is 2.29 bits per heavy atom. The van der Waals surface area contributed by atoms with Gasteiger partial charge >= 0.3 is 0 Å². The van der Waals surface area contributed by atoms with Gasteiger partial charge < -0.3 is 9.88 Å². The number of nitrogens with one attached hydrogen (secondary N) is 1. The van der Waals surface area contributed by atoms with Crippen molar-refractivity contribution in [3.05, 3.63) is 18.2 Å². The second-order valence-electron chi connectivity index (χ2n) is 4.91. The summed E-state index contributed by atoms with van der Waals surface area (Å²) in [6.45, 7) is 6.64. The summed E-state index contributed by atoms with van der Waals surface area (Å²) in [7, 11) is 2.05. The van der Waals surface area contributed by atoms with E-state index in [0.29, 0.717) is 0 Å². The van der Waals surface area contributed by atoms with Crippen molar-refractivity contribution in [2.45, 2.75) is 38.8 Å².